The number of anilines is 1. The second-order valence-corrected chi connectivity index (χ2v) is 8.35. The van der Waals surface area contributed by atoms with Crippen molar-refractivity contribution >= 4 is 33.4 Å². The van der Waals surface area contributed by atoms with Gasteiger partial charge in [0.25, 0.3) is 5.91 Å². The molecule has 1 N–H and O–H groups in total. The van der Waals surface area contributed by atoms with Gasteiger partial charge >= 0.3 is 0 Å². The van der Waals surface area contributed by atoms with Crippen LogP contribution in [0, 0.1) is 5.92 Å². The van der Waals surface area contributed by atoms with Gasteiger partial charge in [-0.25, -0.2) is 0 Å². The maximum atomic E-state index is 12.7. The lowest BCUT2D eigenvalue weighted by Crippen LogP contribution is -2.46. The summed E-state index contributed by atoms with van der Waals surface area (Å²) in [5, 5.41) is 6.97. The molecule has 4 rings (SSSR count). The summed E-state index contributed by atoms with van der Waals surface area (Å²) in [7, 11) is 0. The Morgan fingerprint density at radius 1 is 1.39 bits per heavy atom. The Labute approximate surface area is 170 Å². The summed E-state index contributed by atoms with van der Waals surface area (Å²) in [6.45, 7) is 3.74. The van der Waals surface area contributed by atoms with Crippen molar-refractivity contribution in [3.63, 3.8) is 0 Å². The summed E-state index contributed by atoms with van der Waals surface area (Å²) in [6.07, 6.45) is 2.15. The van der Waals surface area contributed by atoms with Crippen LogP contribution in [0.25, 0.3) is 0 Å². The summed E-state index contributed by atoms with van der Waals surface area (Å²) in [5.74, 6) is 1.55. The Hall–Kier alpha value is -2.42. The predicted molar refractivity (Wildman–Crippen MR) is 104 cm³/mol. The second-order valence-electron chi connectivity index (χ2n) is 7.43. The molecule has 28 heavy (non-hydrogen) atoms. The average molecular weight is 449 g/mol. The fourth-order valence-corrected chi connectivity index (χ4v) is 3.45. The number of amides is 2. The number of hydrogen-bond donors (Lipinski definition) is 1. The molecule has 0 spiro atoms. The van der Waals surface area contributed by atoms with Gasteiger partial charge in [0.15, 0.2) is 12.4 Å². The summed E-state index contributed by atoms with van der Waals surface area (Å²) in [5.41, 5.74) is 0.574. The van der Waals surface area contributed by atoms with Crippen LogP contribution in [0.15, 0.2) is 27.2 Å². The number of halogens is 1. The van der Waals surface area contributed by atoms with Gasteiger partial charge in [0.05, 0.1) is 5.69 Å². The van der Waals surface area contributed by atoms with E-state index in [0.717, 1.165) is 17.3 Å². The molecule has 8 nitrogen and oxygen atoms in total. The zero-order valence-corrected chi connectivity index (χ0v) is 17.2. The van der Waals surface area contributed by atoms with Crippen molar-refractivity contribution in [1.29, 1.82) is 0 Å². The van der Waals surface area contributed by atoms with Crippen LogP contribution in [0.4, 0.5) is 5.69 Å². The van der Waals surface area contributed by atoms with Crippen LogP contribution >= 0.6 is 15.9 Å². The number of benzene rings is 1. The maximum Gasteiger partial charge on any atom is 0.265 e. The topological polar surface area (TPSA) is 97.6 Å². The number of hydrogen-bond acceptors (Lipinski definition) is 6. The molecule has 9 heteroatoms. The smallest absolute Gasteiger partial charge is 0.265 e. The minimum absolute atomic E-state index is 0.0556. The number of carbonyl (C=O) groups excluding carboxylic acids is 2. The van der Waals surface area contributed by atoms with E-state index in [-0.39, 0.29) is 30.9 Å². The molecule has 148 valence electrons. The molecule has 1 aliphatic carbocycles. The second kappa shape index (κ2) is 7.54. The van der Waals surface area contributed by atoms with E-state index in [9.17, 15) is 9.59 Å². The molecule has 1 atom stereocenters. The number of ether oxygens (including phenoxy) is 1. The van der Waals surface area contributed by atoms with Gasteiger partial charge in [-0.15, -0.1) is 0 Å². The fraction of sp³-hybridized carbons (Fsp3) is 0.474. The highest BCUT2D eigenvalue weighted by molar-refractivity contribution is 9.10. The molecular weight excluding hydrogens is 428 g/mol. The first-order chi connectivity index (χ1) is 13.4. The van der Waals surface area contributed by atoms with Crippen molar-refractivity contribution in [3.05, 3.63) is 34.4 Å². The van der Waals surface area contributed by atoms with Gasteiger partial charge in [0.2, 0.25) is 11.8 Å². The number of fused-ring (bicyclic) bond motifs is 1. The van der Waals surface area contributed by atoms with E-state index in [1.807, 2.05) is 13.8 Å². The number of rotatable bonds is 6. The Morgan fingerprint density at radius 3 is 2.89 bits per heavy atom. The number of nitrogens with zero attached hydrogens (tertiary/aromatic N) is 3. The standard InChI is InChI=1S/C19H21BrN4O4/c1-10(2)17(19-22-18(23-28-19)11-3-4-11)21-15(25)8-24-13-6-5-12(20)7-14(13)27-9-16(24)26/h5-7,10-11,17H,3-4,8-9H2,1-2H3,(H,21,25). The molecule has 2 aromatic rings. The van der Waals surface area contributed by atoms with Crippen molar-refractivity contribution in [2.45, 2.75) is 38.6 Å². The van der Waals surface area contributed by atoms with E-state index in [1.165, 1.54) is 4.90 Å². The van der Waals surface area contributed by atoms with Crippen LogP contribution in [0.3, 0.4) is 0 Å². The molecule has 2 heterocycles. The van der Waals surface area contributed by atoms with Crippen molar-refractivity contribution in [2.75, 3.05) is 18.1 Å². The first kappa shape index (κ1) is 18.9. The zero-order chi connectivity index (χ0) is 19.8. The third kappa shape index (κ3) is 3.89. The van der Waals surface area contributed by atoms with Crippen molar-refractivity contribution in [2.24, 2.45) is 5.92 Å². The summed E-state index contributed by atoms with van der Waals surface area (Å²) in [6, 6.07) is 4.93. The zero-order valence-electron chi connectivity index (χ0n) is 15.6. The van der Waals surface area contributed by atoms with Gasteiger partial charge in [0.1, 0.15) is 18.3 Å². The molecule has 1 aromatic heterocycles. The number of nitrogens with one attached hydrogen (secondary N) is 1. The van der Waals surface area contributed by atoms with E-state index in [4.69, 9.17) is 9.26 Å². The summed E-state index contributed by atoms with van der Waals surface area (Å²) in [4.78, 5) is 30.9. The maximum absolute atomic E-state index is 12.7. The van der Waals surface area contributed by atoms with E-state index >= 15 is 0 Å². The highest BCUT2D eigenvalue weighted by atomic mass is 79.9. The average Bonchev–Trinajstić information content (AvgIpc) is 3.39. The Morgan fingerprint density at radius 2 is 2.18 bits per heavy atom. The summed E-state index contributed by atoms with van der Waals surface area (Å²) >= 11 is 3.38. The Balaban J connectivity index is 1.48. The van der Waals surface area contributed by atoms with E-state index in [2.05, 4.69) is 31.4 Å². The Kier molecular flexibility index (Phi) is 5.09. The lowest BCUT2D eigenvalue weighted by Gasteiger charge is -2.29. The monoisotopic (exact) mass is 448 g/mol. The quantitative estimate of drug-likeness (QED) is 0.729. The largest absolute Gasteiger partial charge is 0.482 e. The molecule has 1 saturated carbocycles. The molecule has 0 saturated heterocycles. The lowest BCUT2D eigenvalue weighted by molar-refractivity contribution is -0.126. The SMILES string of the molecule is CC(C)C(NC(=O)CN1C(=O)COc2cc(Br)ccc21)c1nc(C2CC2)no1. The third-order valence-corrected chi connectivity index (χ3v) is 5.31. The van der Waals surface area contributed by atoms with Crippen LogP contribution in [-0.2, 0) is 9.59 Å². The Bertz CT molecular complexity index is 909. The van der Waals surface area contributed by atoms with E-state index < -0.39 is 6.04 Å². The molecule has 1 aliphatic heterocycles. The molecular formula is C19H21BrN4O4. The highest BCUT2D eigenvalue weighted by Crippen LogP contribution is 2.39. The van der Waals surface area contributed by atoms with Gasteiger partial charge < -0.3 is 14.6 Å². The lowest BCUT2D eigenvalue weighted by atomic mass is 10.0. The van der Waals surface area contributed by atoms with Gasteiger partial charge in [-0.05, 0) is 37.0 Å². The molecule has 1 aromatic carbocycles. The van der Waals surface area contributed by atoms with E-state index in [1.54, 1.807) is 18.2 Å². The normalized spacial score (nSPS) is 17.3. The molecule has 0 radical (unpaired) electrons. The van der Waals surface area contributed by atoms with Crippen LogP contribution in [0.2, 0.25) is 0 Å². The van der Waals surface area contributed by atoms with Crippen LogP contribution in [-0.4, -0.2) is 35.1 Å². The molecule has 0 bridgehead atoms. The minimum Gasteiger partial charge on any atom is -0.482 e. The van der Waals surface area contributed by atoms with Crippen molar-refractivity contribution in [1.82, 2.24) is 15.5 Å². The first-order valence-corrected chi connectivity index (χ1v) is 10.1. The number of carbonyl (C=O) groups is 2. The summed E-state index contributed by atoms with van der Waals surface area (Å²) < 4.78 is 11.7. The molecule has 1 unspecified atom stereocenters. The van der Waals surface area contributed by atoms with Gasteiger partial charge in [0, 0.05) is 10.4 Å². The molecule has 2 amide bonds. The number of aromatic nitrogens is 2. The molecule has 2 aliphatic rings. The van der Waals surface area contributed by atoms with Gasteiger partial charge in [-0.3, -0.25) is 14.5 Å². The minimum atomic E-state index is -0.409. The van der Waals surface area contributed by atoms with Crippen LogP contribution < -0.4 is 15.0 Å². The highest BCUT2D eigenvalue weighted by Gasteiger charge is 2.33. The van der Waals surface area contributed by atoms with Gasteiger partial charge in [-0.2, -0.15) is 4.98 Å². The van der Waals surface area contributed by atoms with Crippen LogP contribution in [0.5, 0.6) is 5.75 Å². The first-order valence-electron chi connectivity index (χ1n) is 9.28. The van der Waals surface area contributed by atoms with Gasteiger partial charge in [-0.1, -0.05) is 34.9 Å². The molecule has 1 fully saturated rings. The van der Waals surface area contributed by atoms with Crippen molar-refractivity contribution in [3.8, 4) is 5.75 Å². The predicted octanol–water partition coefficient (Wildman–Crippen LogP) is 2.95. The fourth-order valence-electron chi connectivity index (χ4n) is 3.11. The van der Waals surface area contributed by atoms with E-state index in [0.29, 0.717) is 29.1 Å². The van der Waals surface area contributed by atoms with Crippen molar-refractivity contribution < 1.29 is 18.8 Å². The van der Waals surface area contributed by atoms with Crippen LogP contribution in [0.1, 0.15) is 50.4 Å². The third-order valence-electron chi connectivity index (χ3n) is 4.82.